The molecule has 0 amide bonds. The fraction of sp³-hybridized carbons (Fsp3) is 0.333. The van der Waals surface area contributed by atoms with Gasteiger partial charge in [-0.3, -0.25) is 9.67 Å². The predicted molar refractivity (Wildman–Crippen MR) is 107 cm³/mol. The summed E-state index contributed by atoms with van der Waals surface area (Å²) in [4.78, 5) is 9.45. The Bertz CT molecular complexity index is 1080. The third-order valence-electron chi connectivity index (χ3n) is 5.47. The van der Waals surface area contributed by atoms with Crippen molar-refractivity contribution in [1.82, 2.24) is 19.7 Å². The van der Waals surface area contributed by atoms with E-state index in [4.69, 9.17) is 15.3 Å². The summed E-state index contributed by atoms with van der Waals surface area (Å²) in [5, 5.41) is 13.6. The number of benzene rings is 1. The van der Waals surface area contributed by atoms with Gasteiger partial charge in [-0.2, -0.15) is 10.4 Å². The molecule has 2 aliphatic carbocycles. The van der Waals surface area contributed by atoms with Crippen molar-refractivity contribution < 1.29 is 0 Å². The molecule has 3 aromatic rings. The van der Waals surface area contributed by atoms with Crippen molar-refractivity contribution in [3.05, 3.63) is 52.9 Å². The number of nitrogens with zero attached hydrogens (tertiary/aromatic N) is 5. The van der Waals surface area contributed by atoms with Crippen molar-refractivity contribution in [3.63, 3.8) is 0 Å². The van der Waals surface area contributed by atoms with E-state index in [1.807, 2.05) is 30.5 Å². The van der Waals surface area contributed by atoms with Crippen molar-refractivity contribution in [2.75, 3.05) is 0 Å². The van der Waals surface area contributed by atoms with Gasteiger partial charge in [0.25, 0.3) is 0 Å². The van der Waals surface area contributed by atoms with E-state index in [0.717, 1.165) is 45.3 Å². The molecule has 134 valence electrons. The fourth-order valence-electron chi connectivity index (χ4n) is 3.74. The van der Waals surface area contributed by atoms with E-state index in [1.54, 1.807) is 6.08 Å². The van der Waals surface area contributed by atoms with Crippen LogP contribution in [0.5, 0.6) is 0 Å². The van der Waals surface area contributed by atoms with Crippen molar-refractivity contribution in [2.45, 2.75) is 37.6 Å². The molecule has 0 radical (unpaired) electrons. The zero-order valence-electron chi connectivity index (χ0n) is 14.7. The maximum Gasteiger partial charge on any atom is 0.0927 e. The molecule has 6 heteroatoms. The van der Waals surface area contributed by atoms with Gasteiger partial charge in [0.15, 0.2) is 0 Å². The minimum Gasteiger partial charge on any atom is -0.269 e. The van der Waals surface area contributed by atoms with Crippen LogP contribution in [0.2, 0.25) is 0 Å². The zero-order valence-corrected chi connectivity index (χ0v) is 16.3. The lowest BCUT2D eigenvalue weighted by Crippen LogP contribution is -2.25. The second kappa shape index (κ2) is 6.58. The fourth-order valence-corrected chi connectivity index (χ4v) is 4.09. The number of rotatable bonds is 4. The van der Waals surface area contributed by atoms with Gasteiger partial charge in [0.05, 0.1) is 40.7 Å². The maximum absolute atomic E-state index is 8.67. The first-order valence-corrected chi connectivity index (χ1v) is 10.1. The smallest absolute Gasteiger partial charge is 0.0927 e. The van der Waals surface area contributed by atoms with Gasteiger partial charge in [0, 0.05) is 28.2 Å². The second-order valence-electron chi connectivity index (χ2n) is 7.44. The Morgan fingerprint density at radius 2 is 2.07 bits per heavy atom. The number of halogens is 1. The number of nitriles is 1. The van der Waals surface area contributed by atoms with Crippen LogP contribution >= 0.6 is 15.9 Å². The Kier molecular flexibility index (Phi) is 4.05. The van der Waals surface area contributed by atoms with Crippen molar-refractivity contribution >= 4 is 27.0 Å². The molecular formula is C21H18BrN5. The lowest BCUT2D eigenvalue weighted by atomic mass is 9.80. The molecule has 0 spiro atoms. The maximum atomic E-state index is 8.67. The number of fused-ring (bicyclic) bond motifs is 1. The van der Waals surface area contributed by atoms with Crippen LogP contribution in [0, 0.1) is 17.2 Å². The Morgan fingerprint density at radius 1 is 1.22 bits per heavy atom. The van der Waals surface area contributed by atoms with E-state index >= 15 is 0 Å². The Hall–Kier alpha value is -2.52. The Labute approximate surface area is 165 Å². The van der Waals surface area contributed by atoms with Crippen LogP contribution in [0.15, 0.2) is 47.2 Å². The first-order chi connectivity index (χ1) is 13.2. The van der Waals surface area contributed by atoms with E-state index < -0.39 is 0 Å². The largest absolute Gasteiger partial charge is 0.269 e. The first-order valence-electron chi connectivity index (χ1n) is 9.29. The summed E-state index contributed by atoms with van der Waals surface area (Å²) >= 11 is 3.51. The number of aromatic nitrogens is 4. The summed E-state index contributed by atoms with van der Waals surface area (Å²) in [6.45, 7) is 0. The second-order valence-corrected chi connectivity index (χ2v) is 8.36. The van der Waals surface area contributed by atoms with E-state index in [0.29, 0.717) is 17.9 Å². The SMILES string of the molecule is N#C/C=C/C1CC(n2cc(-c3cnc4ccc(Br)cc4n3)c(C3CC3)n2)C1. The molecule has 2 fully saturated rings. The number of hydrogen-bond acceptors (Lipinski definition) is 4. The van der Waals surface area contributed by atoms with Gasteiger partial charge in [-0.15, -0.1) is 0 Å². The molecule has 5 rings (SSSR count). The van der Waals surface area contributed by atoms with Crippen LogP contribution < -0.4 is 0 Å². The van der Waals surface area contributed by atoms with Crippen LogP contribution in [0.4, 0.5) is 0 Å². The normalized spacial score (nSPS) is 22.1. The van der Waals surface area contributed by atoms with Gasteiger partial charge < -0.3 is 0 Å². The highest BCUT2D eigenvalue weighted by atomic mass is 79.9. The van der Waals surface area contributed by atoms with Crippen molar-refractivity contribution in [3.8, 4) is 17.3 Å². The number of allylic oxidation sites excluding steroid dienone is 2. The monoisotopic (exact) mass is 419 g/mol. The van der Waals surface area contributed by atoms with Gasteiger partial charge >= 0.3 is 0 Å². The standard InChI is InChI=1S/C21H18BrN5/c22-15-5-6-18-19(10-15)25-20(11-24-18)17-12-27(26-21(17)14-3-4-14)16-8-13(9-16)2-1-7-23/h1-2,5-6,10-14,16H,3-4,8-9H2/b2-1+. The van der Waals surface area contributed by atoms with Gasteiger partial charge in [0.2, 0.25) is 0 Å². The van der Waals surface area contributed by atoms with Crippen molar-refractivity contribution in [1.29, 1.82) is 5.26 Å². The summed E-state index contributed by atoms with van der Waals surface area (Å²) in [5.74, 6) is 1.04. The van der Waals surface area contributed by atoms with Crippen LogP contribution in [0.25, 0.3) is 22.3 Å². The van der Waals surface area contributed by atoms with Crippen LogP contribution in [0.3, 0.4) is 0 Å². The van der Waals surface area contributed by atoms with Gasteiger partial charge in [-0.25, -0.2) is 4.98 Å². The van der Waals surface area contributed by atoms with Crippen LogP contribution in [-0.2, 0) is 0 Å². The molecule has 0 saturated heterocycles. The van der Waals surface area contributed by atoms with E-state index in [-0.39, 0.29) is 0 Å². The highest BCUT2D eigenvalue weighted by Crippen LogP contribution is 2.45. The summed E-state index contributed by atoms with van der Waals surface area (Å²) in [6.07, 6.45) is 12.1. The molecule has 0 bridgehead atoms. The van der Waals surface area contributed by atoms with Gasteiger partial charge in [-0.1, -0.05) is 22.0 Å². The lowest BCUT2D eigenvalue weighted by molar-refractivity contribution is 0.223. The van der Waals surface area contributed by atoms with E-state index in [9.17, 15) is 0 Å². The molecule has 0 unspecified atom stereocenters. The number of hydrogen-bond donors (Lipinski definition) is 0. The minimum absolute atomic E-state index is 0.409. The summed E-state index contributed by atoms with van der Waals surface area (Å²) in [6, 6.07) is 8.45. The Morgan fingerprint density at radius 3 is 2.85 bits per heavy atom. The molecule has 5 nitrogen and oxygen atoms in total. The summed E-state index contributed by atoms with van der Waals surface area (Å²) in [5.41, 5.74) is 4.96. The highest BCUT2D eigenvalue weighted by molar-refractivity contribution is 9.10. The molecule has 2 aromatic heterocycles. The van der Waals surface area contributed by atoms with Gasteiger partial charge in [0.1, 0.15) is 0 Å². The van der Waals surface area contributed by atoms with E-state index in [1.165, 1.54) is 12.8 Å². The summed E-state index contributed by atoms with van der Waals surface area (Å²) in [7, 11) is 0. The molecule has 2 saturated carbocycles. The molecule has 2 heterocycles. The molecule has 0 aliphatic heterocycles. The third kappa shape index (κ3) is 3.17. The molecule has 1 aromatic carbocycles. The molecule has 2 aliphatic rings. The predicted octanol–water partition coefficient (Wildman–Crippen LogP) is 5.16. The molecule has 0 atom stereocenters. The zero-order chi connectivity index (χ0) is 18.4. The van der Waals surface area contributed by atoms with E-state index in [2.05, 4.69) is 37.9 Å². The molecular weight excluding hydrogens is 402 g/mol. The molecule has 27 heavy (non-hydrogen) atoms. The van der Waals surface area contributed by atoms with Crippen molar-refractivity contribution in [2.24, 2.45) is 5.92 Å². The average molecular weight is 420 g/mol. The minimum atomic E-state index is 0.409. The first kappa shape index (κ1) is 16.6. The van der Waals surface area contributed by atoms with Gasteiger partial charge in [-0.05, 0) is 49.8 Å². The van der Waals surface area contributed by atoms with Crippen LogP contribution in [-0.4, -0.2) is 19.7 Å². The Balaban J connectivity index is 1.48. The average Bonchev–Trinajstić information content (AvgIpc) is 3.39. The lowest BCUT2D eigenvalue weighted by Gasteiger charge is -2.33. The summed E-state index contributed by atoms with van der Waals surface area (Å²) < 4.78 is 3.12. The quantitative estimate of drug-likeness (QED) is 0.547. The van der Waals surface area contributed by atoms with Crippen LogP contribution in [0.1, 0.15) is 43.3 Å². The topological polar surface area (TPSA) is 67.4 Å². The highest BCUT2D eigenvalue weighted by Gasteiger charge is 2.34. The molecule has 0 N–H and O–H groups in total. The third-order valence-corrected chi connectivity index (χ3v) is 5.96.